The third kappa shape index (κ3) is 5.23. The summed E-state index contributed by atoms with van der Waals surface area (Å²) in [5.74, 6) is -2.58. The van der Waals surface area contributed by atoms with E-state index in [0.29, 0.717) is 12.8 Å². The van der Waals surface area contributed by atoms with Crippen molar-refractivity contribution in [3.05, 3.63) is 59.4 Å². The largest absolute Gasteiger partial charge is 0.321 e. The van der Waals surface area contributed by atoms with E-state index in [1.54, 1.807) is 0 Å². The van der Waals surface area contributed by atoms with Crippen LogP contribution < -0.4 is 5.32 Å². The lowest BCUT2D eigenvalue weighted by molar-refractivity contribution is 0.102. The van der Waals surface area contributed by atoms with E-state index in [-0.39, 0.29) is 22.7 Å². The number of carbonyl (C=O) groups is 1. The Kier molecular flexibility index (Phi) is 6.84. The van der Waals surface area contributed by atoms with E-state index in [1.807, 2.05) is 6.92 Å². The van der Waals surface area contributed by atoms with E-state index in [9.17, 15) is 22.0 Å². The molecule has 2 N–H and O–H groups in total. The number of sulfone groups is 1. The molecule has 2 rings (SSSR count). The molecule has 0 radical (unpaired) electrons. The molecule has 2 aromatic rings. The number of hydrogen-bond donors (Lipinski definition) is 2. The van der Waals surface area contributed by atoms with Crippen LogP contribution in [0.5, 0.6) is 0 Å². The zero-order valence-corrected chi connectivity index (χ0v) is 17.2. The van der Waals surface area contributed by atoms with Gasteiger partial charge in [-0.05, 0) is 50.6 Å². The molecule has 9 heteroatoms. The summed E-state index contributed by atoms with van der Waals surface area (Å²) in [5.41, 5.74) is 0.0766. The molecule has 156 valence electrons. The topological polar surface area (TPSA) is 100.0 Å². The van der Waals surface area contributed by atoms with E-state index >= 15 is 0 Å². The molecule has 0 saturated carbocycles. The van der Waals surface area contributed by atoms with Crippen molar-refractivity contribution in [2.45, 2.75) is 44.1 Å². The average Bonchev–Trinajstić information content (AvgIpc) is 2.64. The van der Waals surface area contributed by atoms with Crippen molar-refractivity contribution < 1.29 is 22.0 Å². The van der Waals surface area contributed by atoms with Crippen LogP contribution >= 0.6 is 0 Å². The van der Waals surface area contributed by atoms with E-state index in [1.165, 1.54) is 32.0 Å². The van der Waals surface area contributed by atoms with Gasteiger partial charge in [0.05, 0.1) is 11.9 Å². The number of amides is 1. The molecular formula is C20H23F2N3O3S. The van der Waals surface area contributed by atoms with Gasteiger partial charge in [-0.1, -0.05) is 13.3 Å². The second kappa shape index (κ2) is 8.77. The predicted octanol–water partition coefficient (Wildman–Crippen LogP) is 4.13. The quantitative estimate of drug-likeness (QED) is 0.624. The van der Waals surface area contributed by atoms with Crippen molar-refractivity contribution in [3.63, 3.8) is 0 Å². The van der Waals surface area contributed by atoms with Crippen molar-refractivity contribution in [1.82, 2.24) is 4.98 Å². The van der Waals surface area contributed by atoms with Crippen LogP contribution in [0.2, 0.25) is 0 Å². The summed E-state index contributed by atoms with van der Waals surface area (Å²) in [7, 11) is -3.89. The first-order valence-corrected chi connectivity index (χ1v) is 10.6. The number of nitrogens with zero attached hydrogens (tertiary/aromatic N) is 1. The van der Waals surface area contributed by atoms with E-state index in [4.69, 9.17) is 5.41 Å². The number of nitrogens with one attached hydrogen (secondary N) is 2. The number of rotatable bonds is 8. The van der Waals surface area contributed by atoms with Crippen LogP contribution in [0, 0.1) is 17.0 Å². The maximum atomic E-state index is 14.3. The first kappa shape index (κ1) is 22.6. The summed E-state index contributed by atoms with van der Waals surface area (Å²) in [6.07, 6.45) is 1.85. The van der Waals surface area contributed by atoms with Gasteiger partial charge in [-0.3, -0.25) is 4.79 Å². The van der Waals surface area contributed by atoms with Gasteiger partial charge in [0, 0.05) is 17.0 Å². The molecule has 0 spiro atoms. The second-order valence-corrected chi connectivity index (χ2v) is 9.66. The van der Waals surface area contributed by atoms with Gasteiger partial charge in [0.15, 0.2) is 9.84 Å². The molecule has 0 bridgehead atoms. The van der Waals surface area contributed by atoms with Gasteiger partial charge >= 0.3 is 0 Å². The molecule has 0 saturated heterocycles. The Balaban J connectivity index is 2.25. The molecule has 1 heterocycles. The number of anilines is 1. The van der Waals surface area contributed by atoms with E-state index in [2.05, 4.69) is 10.3 Å². The molecule has 0 unspecified atom stereocenters. The Morgan fingerprint density at radius 2 is 1.90 bits per heavy atom. The summed E-state index contributed by atoms with van der Waals surface area (Å²) in [5, 5.41) is 10.5. The zero-order chi connectivity index (χ0) is 21.8. The molecule has 29 heavy (non-hydrogen) atoms. The average molecular weight is 423 g/mol. The molecule has 1 aromatic heterocycles. The lowest BCUT2D eigenvalue weighted by atomic mass is 10.0. The molecule has 1 aromatic carbocycles. The van der Waals surface area contributed by atoms with Crippen LogP contribution in [0.1, 0.15) is 49.7 Å². The zero-order valence-electron chi connectivity index (χ0n) is 16.4. The Bertz CT molecular complexity index is 1020. The Morgan fingerprint density at radius 3 is 2.48 bits per heavy atom. The maximum absolute atomic E-state index is 14.3. The fourth-order valence-corrected chi connectivity index (χ4v) is 4.06. The third-order valence-corrected chi connectivity index (χ3v) is 7.11. The number of pyridine rings is 1. The SMILES string of the molecule is CCCC(=N)C(C)(C)S(=O)(=O)Cc1cc(NC(=O)c2ccc(F)cn2)ccc1F. The van der Waals surface area contributed by atoms with Crippen LogP contribution in [0.15, 0.2) is 36.5 Å². The minimum atomic E-state index is -3.89. The fraction of sp³-hybridized carbons (Fsp3) is 0.350. The second-order valence-electron chi connectivity index (χ2n) is 7.12. The van der Waals surface area contributed by atoms with Gasteiger partial charge in [0.1, 0.15) is 22.1 Å². The van der Waals surface area contributed by atoms with E-state index < -0.39 is 37.9 Å². The number of hydrogen-bond acceptors (Lipinski definition) is 5. The van der Waals surface area contributed by atoms with Gasteiger partial charge in [0.2, 0.25) is 0 Å². The summed E-state index contributed by atoms with van der Waals surface area (Å²) in [6.45, 7) is 4.72. The van der Waals surface area contributed by atoms with Gasteiger partial charge in [-0.25, -0.2) is 22.2 Å². The van der Waals surface area contributed by atoms with Crippen molar-refractivity contribution >= 4 is 27.1 Å². The van der Waals surface area contributed by atoms with Crippen molar-refractivity contribution in [1.29, 1.82) is 5.41 Å². The minimum Gasteiger partial charge on any atom is -0.321 e. The predicted molar refractivity (Wildman–Crippen MR) is 108 cm³/mol. The smallest absolute Gasteiger partial charge is 0.274 e. The van der Waals surface area contributed by atoms with Gasteiger partial charge in [-0.2, -0.15) is 0 Å². The first-order valence-electron chi connectivity index (χ1n) is 8.99. The lowest BCUT2D eigenvalue weighted by Gasteiger charge is -2.26. The molecule has 0 aliphatic rings. The highest BCUT2D eigenvalue weighted by molar-refractivity contribution is 7.92. The van der Waals surface area contributed by atoms with Crippen LogP contribution in [-0.2, 0) is 15.6 Å². The lowest BCUT2D eigenvalue weighted by Crippen LogP contribution is -2.41. The third-order valence-electron chi connectivity index (χ3n) is 4.61. The highest BCUT2D eigenvalue weighted by atomic mass is 32.2. The van der Waals surface area contributed by atoms with Crippen LogP contribution in [0.3, 0.4) is 0 Å². The van der Waals surface area contributed by atoms with Crippen molar-refractivity contribution in [3.8, 4) is 0 Å². The standard InChI is InChI=1S/C20H23F2N3O3S/c1-4-5-18(23)20(2,3)29(27,28)12-13-10-15(7-8-16(13)22)25-19(26)17-9-6-14(21)11-24-17/h6-11,23H,4-5,12H2,1-3H3,(H,25,26). The Labute approximate surface area is 168 Å². The minimum absolute atomic E-state index is 0.0426. The fourth-order valence-electron chi connectivity index (χ4n) is 2.59. The van der Waals surface area contributed by atoms with Gasteiger partial charge in [0.25, 0.3) is 5.91 Å². The Morgan fingerprint density at radius 1 is 1.21 bits per heavy atom. The van der Waals surface area contributed by atoms with Crippen molar-refractivity contribution in [2.24, 2.45) is 0 Å². The Hall–Kier alpha value is -2.68. The highest BCUT2D eigenvalue weighted by Crippen LogP contribution is 2.27. The van der Waals surface area contributed by atoms with Crippen LogP contribution in [-0.4, -0.2) is 29.8 Å². The first-order chi connectivity index (χ1) is 13.5. The maximum Gasteiger partial charge on any atom is 0.274 e. The highest BCUT2D eigenvalue weighted by Gasteiger charge is 2.38. The summed E-state index contributed by atoms with van der Waals surface area (Å²) in [4.78, 5) is 15.9. The summed E-state index contributed by atoms with van der Waals surface area (Å²) >= 11 is 0. The molecule has 1 amide bonds. The molecule has 0 atom stereocenters. The molecule has 0 aliphatic heterocycles. The summed E-state index contributed by atoms with van der Waals surface area (Å²) < 4.78 is 51.4. The molecule has 0 fully saturated rings. The molecule has 6 nitrogen and oxygen atoms in total. The van der Waals surface area contributed by atoms with Gasteiger partial charge in [-0.15, -0.1) is 0 Å². The van der Waals surface area contributed by atoms with E-state index in [0.717, 1.165) is 18.3 Å². The molecule has 0 aliphatic carbocycles. The van der Waals surface area contributed by atoms with Crippen LogP contribution in [0.4, 0.5) is 14.5 Å². The summed E-state index contributed by atoms with van der Waals surface area (Å²) in [6, 6.07) is 5.85. The number of halogens is 2. The van der Waals surface area contributed by atoms with Gasteiger partial charge < -0.3 is 10.7 Å². The van der Waals surface area contributed by atoms with Crippen molar-refractivity contribution in [2.75, 3.05) is 5.32 Å². The molecular weight excluding hydrogens is 400 g/mol. The van der Waals surface area contributed by atoms with Crippen LogP contribution in [0.25, 0.3) is 0 Å². The monoisotopic (exact) mass is 423 g/mol. The number of carbonyl (C=O) groups excluding carboxylic acids is 1. The number of benzene rings is 1. The normalized spacial score (nSPS) is 11.9. The number of aromatic nitrogens is 1.